The number of ether oxygens (including phenoxy) is 2. The van der Waals surface area contributed by atoms with Crippen molar-refractivity contribution in [1.29, 1.82) is 0 Å². The van der Waals surface area contributed by atoms with Crippen LogP contribution in [0.2, 0.25) is 5.02 Å². The van der Waals surface area contributed by atoms with Gasteiger partial charge in [0, 0.05) is 23.6 Å². The average molecular weight is 462 g/mol. The lowest BCUT2D eigenvalue weighted by atomic mass is 9.98. The van der Waals surface area contributed by atoms with Crippen molar-refractivity contribution >= 4 is 23.2 Å². The first-order valence-electron chi connectivity index (χ1n) is 10.8. The maximum absolute atomic E-state index is 13.4. The summed E-state index contributed by atoms with van der Waals surface area (Å²) >= 11 is 6.45. The Hall–Kier alpha value is -3.35. The van der Waals surface area contributed by atoms with Crippen LogP contribution in [0.1, 0.15) is 29.2 Å². The molecular weight excluding hydrogens is 438 g/mol. The summed E-state index contributed by atoms with van der Waals surface area (Å²) in [7, 11) is 1.94. The second kappa shape index (κ2) is 9.25. The summed E-state index contributed by atoms with van der Waals surface area (Å²) in [5.74, 6) is 1.33. The number of carbonyl (C=O) groups is 1. The number of fused-ring (bicyclic) bond motifs is 1. The van der Waals surface area contributed by atoms with E-state index in [1.54, 1.807) is 5.01 Å². The monoisotopic (exact) mass is 461 g/mol. The van der Waals surface area contributed by atoms with E-state index in [-0.39, 0.29) is 25.3 Å². The van der Waals surface area contributed by atoms with Crippen molar-refractivity contribution < 1.29 is 14.3 Å². The van der Waals surface area contributed by atoms with Gasteiger partial charge in [-0.05, 0) is 36.4 Å². The molecule has 7 heteroatoms. The number of hydrogen-bond donors (Lipinski definition) is 0. The Kier molecular flexibility index (Phi) is 6.03. The number of halogens is 1. The third-order valence-electron chi connectivity index (χ3n) is 5.83. The van der Waals surface area contributed by atoms with Crippen molar-refractivity contribution in [3.05, 3.63) is 94.5 Å². The molecule has 0 fully saturated rings. The Labute approximate surface area is 198 Å². The molecule has 5 rings (SSSR count). The SMILES string of the molecule is CN(CC(=O)N1N=C(c2ccccc2Cl)C[C@H]1c1ccc2c(c1)OCO2)Cc1ccccc1. The molecule has 3 aromatic carbocycles. The average Bonchev–Trinajstić information content (AvgIpc) is 3.47. The number of benzene rings is 3. The molecule has 3 aromatic rings. The molecule has 0 N–H and O–H groups in total. The first kappa shape index (κ1) is 21.5. The first-order valence-corrected chi connectivity index (χ1v) is 11.2. The summed E-state index contributed by atoms with van der Waals surface area (Å²) in [6.45, 7) is 1.13. The van der Waals surface area contributed by atoms with Gasteiger partial charge in [-0.15, -0.1) is 0 Å². The highest BCUT2D eigenvalue weighted by Gasteiger charge is 2.34. The van der Waals surface area contributed by atoms with Crippen LogP contribution in [0.25, 0.3) is 0 Å². The molecule has 6 nitrogen and oxygen atoms in total. The van der Waals surface area contributed by atoms with Gasteiger partial charge in [0.05, 0.1) is 18.3 Å². The van der Waals surface area contributed by atoms with E-state index in [2.05, 4.69) is 12.1 Å². The Morgan fingerprint density at radius 2 is 1.82 bits per heavy atom. The van der Waals surface area contributed by atoms with Crippen LogP contribution in [0.15, 0.2) is 77.9 Å². The molecule has 1 amide bonds. The highest BCUT2D eigenvalue weighted by Crippen LogP contribution is 2.39. The maximum atomic E-state index is 13.4. The van der Waals surface area contributed by atoms with Crippen LogP contribution in [0, 0.1) is 0 Å². The minimum atomic E-state index is -0.247. The quantitative estimate of drug-likeness (QED) is 0.525. The lowest BCUT2D eigenvalue weighted by Crippen LogP contribution is -2.36. The number of carbonyl (C=O) groups excluding carboxylic acids is 1. The van der Waals surface area contributed by atoms with Crippen molar-refractivity contribution in [2.45, 2.75) is 19.0 Å². The largest absolute Gasteiger partial charge is 0.454 e. The molecule has 0 saturated heterocycles. The van der Waals surface area contributed by atoms with Gasteiger partial charge in [0.1, 0.15) is 0 Å². The highest BCUT2D eigenvalue weighted by molar-refractivity contribution is 6.34. The Balaban J connectivity index is 1.41. The molecule has 2 aliphatic heterocycles. The molecule has 0 spiro atoms. The lowest BCUT2D eigenvalue weighted by molar-refractivity contribution is -0.134. The topological polar surface area (TPSA) is 54.4 Å². The van der Waals surface area contributed by atoms with E-state index in [4.69, 9.17) is 26.2 Å². The smallest absolute Gasteiger partial charge is 0.257 e. The third-order valence-corrected chi connectivity index (χ3v) is 6.16. The Morgan fingerprint density at radius 3 is 2.64 bits per heavy atom. The van der Waals surface area contributed by atoms with Crippen LogP contribution in [0.3, 0.4) is 0 Å². The molecule has 0 aromatic heterocycles. The molecule has 168 valence electrons. The normalized spacial score (nSPS) is 16.9. The number of rotatable bonds is 6. The summed E-state index contributed by atoms with van der Waals surface area (Å²) < 4.78 is 11.0. The van der Waals surface area contributed by atoms with Crippen LogP contribution in [-0.2, 0) is 11.3 Å². The third kappa shape index (κ3) is 4.58. The minimum absolute atomic E-state index is 0.0712. The van der Waals surface area contributed by atoms with Crippen molar-refractivity contribution in [2.24, 2.45) is 5.10 Å². The standard InChI is InChI=1S/C26H24ClN3O3/c1-29(15-18-7-3-2-4-8-18)16-26(31)30-23(19-11-12-24-25(13-19)33-17-32-24)14-22(28-30)20-9-5-6-10-21(20)27/h2-13,23H,14-17H2,1H3/t23-/m0/s1. The second-order valence-electron chi connectivity index (χ2n) is 8.26. The summed E-state index contributed by atoms with van der Waals surface area (Å²) in [5.41, 5.74) is 3.74. The first-order chi connectivity index (χ1) is 16.1. The predicted octanol–water partition coefficient (Wildman–Crippen LogP) is 4.88. The molecule has 2 aliphatic rings. The molecule has 0 saturated carbocycles. The molecule has 2 heterocycles. The molecule has 1 atom stereocenters. The van der Waals surface area contributed by atoms with Crippen LogP contribution >= 0.6 is 11.6 Å². The fourth-order valence-corrected chi connectivity index (χ4v) is 4.48. The van der Waals surface area contributed by atoms with Gasteiger partial charge in [-0.3, -0.25) is 9.69 Å². The van der Waals surface area contributed by atoms with E-state index < -0.39 is 0 Å². The minimum Gasteiger partial charge on any atom is -0.454 e. The van der Waals surface area contributed by atoms with Crippen LogP contribution in [0.4, 0.5) is 0 Å². The van der Waals surface area contributed by atoms with Crippen molar-refractivity contribution in [1.82, 2.24) is 9.91 Å². The van der Waals surface area contributed by atoms with E-state index in [9.17, 15) is 4.79 Å². The summed E-state index contributed by atoms with van der Waals surface area (Å²) in [4.78, 5) is 15.4. The molecule has 0 radical (unpaired) electrons. The summed E-state index contributed by atoms with van der Waals surface area (Å²) in [6, 6.07) is 23.2. The molecule has 0 bridgehead atoms. The molecule has 0 unspecified atom stereocenters. The summed E-state index contributed by atoms with van der Waals surface area (Å²) in [5, 5.41) is 6.96. The zero-order valence-electron chi connectivity index (χ0n) is 18.3. The van der Waals surface area contributed by atoms with Gasteiger partial charge in [0.15, 0.2) is 11.5 Å². The number of likely N-dealkylation sites (N-methyl/N-ethyl adjacent to an activating group) is 1. The Morgan fingerprint density at radius 1 is 1.06 bits per heavy atom. The van der Waals surface area contributed by atoms with Gasteiger partial charge in [-0.1, -0.05) is 66.2 Å². The fourth-order valence-electron chi connectivity index (χ4n) is 4.23. The van der Waals surface area contributed by atoms with Crippen LogP contribution < -0.4 is 9.47 Å². The van der Waals surface area contributed by atoms with Crippen LogP contribution in [0.5, 0.6) is 11.5 Å². The predicted molar refractivity (Wildman–Crippen MR) is 128 cm³/mol. The maximum Gasteiger partial charge on any atom is 0.257 e. The van der Waals surface area contributed by atoms with E-state index in [1.165, 1.54) is 0 Å². The molecular formula is C26H24ClN3O3. The van der Waals surface area contributed by atoms with Gasteiger partial charge in [-0.2, -0.15) is 5.10 Å². The van der Waals surface area contributed by atoms with Gasteiger partial charge >= 0.3 is 0 Å². The number of hydrazone groups is 1. The highest BCUT2D eigenvalue weighted by atomic mass is 35.5. The van der Waals surface area contributed by atoms with E-state index in [1.807, 2.05) is 72.6 Å². The zero-order chi connectivity index (χ0) is 22.8. The van der Waals surface area contributed by atoms with E-state index >= 15 is 0 Å². The zero-order valence-corrected chi connectivity index (χ0v) is 19.0. The number of hydrogen-bond acceptors (Lipinski definition) is 5. The van der Waals surface area contributed by atoms with Gasteiger partial charge in [0.2, 0.25) is 6.79 Å². The van der Waals surface area contributed by atoms with Crippen molar-refractivity contribution in [3.8, 4) is 11.5 Å². The molecule has 33 heavy (non-hydrogen) atoms. The van der Waals surface area contributed by atoms with Gasteiger partial charge < -0.3 is 9.47 Å². The van der Waals surface area contributed by atoms with E-state index in [0.717, 1.165) is 22.4 Å². The Bertz CT molecular complexity index is 1200. The van der Waals surface area contributed by atoms with Gasteiger partial charge in [0.25, 0.3) is 5.91 Å². The lowest BCUT2D eigenvalue weighted by Gasteiger charge is -2.25. The van der Waals surface area contributed by atoms with Crippen LogP contribution in [-0.4, -0.2) is 41.9 Å². The van der Waals surface area contributed by atoms with Gasteiger partial charge in [-0.25, -0.2) is 5.01 Å². The number of nitrogens with zero attached hydrogens (tertiary/aromatic N) is 3. The van der Waals surface area contributed by atoms with Crippen molar-refractivity contribution in [2.75, 3.05) is 20.4 Å². The van der Waals surface area contributed by atoms with Crippen molar-refractivity contribution in [3.63, 3.8) is 0 Å². The van der Waals surface area contributed by atoms with E-state index in [0.29, 0.717) is 29.5 Å². The summed E-state index contributed by atoms with van der Waals surface area (Å²) in [6.07, 6.45) is 0.567. The molecule has 0 aliphatic carbocycles. The fraction of sp³-hybridized carbons (Fsp3) is 0.231. The number of amides is 1. The second-order valence-corrected chi connectivity index (χ2v) is 8.66.